The predicted molar refractivity (Wildman–Crippen MR) is 88.3 cm³/mol. The molecule has 0 spiro atoms. The summed E-state index contributed by atoms with van der Waals surface area (Å²) < 4.78 is 66.8. The van der Waals surface area contributed by atoms with Gasteiger partial charge < -0.3 is 0 Å². The number of nitrogens with zero attached hydrogens (tertiary/aromatic N) is 2. The van der Waals surface area contributed by atoms with Crippen LogP contribution in [0.3, 0.4) is 0 Å². The Balaban J connectivity index is 1.60. The second-order valence-electron chi connectivity index (χ2n) is 5.76. The van der Waals surface area contributed by atoms with Crippen molar-refractivity contribution in [2.24, 2.45) is 0 Å². The first-order valence-electron chi connectivity index (χ1n) is 7.57. The fourth-order valence-electron chi connectivity index (χ4n) is 2.41. The Hall–Kier alpha value is -1.10. The Kier molecular flexibility index (Phi) is 5.16. The van der Waals surface area contributed by atoms with Gasteiger partial charge in [-0.25, -0.2) is 13.1 Å². The summed E-state index contributed by atoms with van der Waals surface area (Å²) in [6.07, 6.45) is -2.44. The quantitative estimate of drug-likeness (QED) is 0.701. The van der Waals surface area contributed by atoms with E-state index in [1.165, 1.54) is 16.8 Å². The van der Waals surface area contributed by atoms with E-state index in [1.54, 1.807) is 0 Å². The first-order valence-corrected chi connectivity index (χ1v) is 10.2. The normalized spacial score (nSPS) is 15.7. The Morgan fingerprint density at radius 3 is 2.64 bits per heavy atom. The molecule has 1 fully saturated rings. The summed E-state index contributed by atoms with van der Waals surface area (Å²) in [6, 6.07) is 3.99. The Labute approximate surface area is 151 Å². The van der Waals surface area contributed by atoms with E-state index in [2.05, 4.69) is 9.82 Å². The van der Waals surface area contributed by atoms with Gasteiger partial charge in [0.1, 0.15) is 4.21 Å². The summed E-state index contributed by atoms with van der Waals surface area (Å²) in [7, 11) is -3.65. The second kappa shape index (κ2) is 6.90. The van der Waals surface area contributed by atoms with E-state index >= 15 is 0 Å². The summed E-state index contributed by atoms with van der Waals surface area (Å²) in [6.45, 7) is 0.318. The fourth-order valence-corrected chi connectivity index (χ4v) is 5.01. The second-order valence-corrected chi connectivity index (χ2v) is 9.47. The van der Waals surface area contributed by atoms with E-state index in [4.69, 9.17) is 11.6 Å². The Bertz CT molecular complexity index is 857. The van der Waals surface area contributed by atoms with Gasteiger partial charge in [-0.3, -0.25) is 4.68 Å². The standard InChI is InChI=1S/C14H15ClF3N3O2S2/c15-12-4-5-13(24-12)25(22,23)19-6-1-7-21-10(9-2-3-9)8-11(20-21)14(16,17)18/h4-5,8-9,19H,1-3,6-7H2. The third-order valence-electron chi connectivity index (χ3n) is 3.75. The molecule has 1 aliphatic rings. The number of alkyl halides is 3. The van der Waals surface area contributed by atoms with E-state index in [9.17, 15) is 21.6 Å². The lowest BCUT2D eigenvalue weighted by Gasteiger charge is -2.08. The molecule has 0 bridgehead atoms. The maximum Gasteiger partial charge on any atom is 0.435 e. The molecule has 1 N–H and O–H groups in total. The summed E-state index contributed by atoms with van der Waals surface area (Å²) >= 11 is 6.66. The van der Waals surface area contributed by atoms with Gasteiger partial charge in [0.05, 0.1) is 4.34 Å². The molecule has 0 saturated heterocycles. The average Bonchev–Trinajstić information content (AvgIpc) is 3.09. The van der Waals surface area contributed by atoms with E-state index in [0.29, 0.717) is 16.5 Å². The number of aryl methyl sites for hydroxylation is 1. The van der Waals surface area contributed by atoms with Crippen LogP contribution in [-0.2, 0) is 22.7 Å². The predicted octanol–water partition coefficient (Wildman–Crippen LogP) is 3.86. The number of thiophene rings is 1. The molecule has 0 amide bonds. The molecule has 5 nitrogen and oxygen atoms in total. The van der Waals surface area contributed by atoms with Crippen LogP contribution in [0.1, 0.15) is 36.6 Å². The third kappa shape index (κ3) is 4.55. The van der Waals surface area contributed by atoms with E-state index in [1.807, 2.05) is 0 Å². The van der Waals surface area contributed by atoms with E-state index in [-0.39, 0.29) is 23.2 Å². The molecule has 1 saturated carbocycles. The van der Waals surface area contributed by atoms with Crippen molar-refractivity contribution in [1.29, 1.82) is 0 Å². The molecule has 25 heavy (non-hydrogen) atoms. The molecule has 11 heteroatoms. The molecule has 138 valence electrons. The highest BCUT2D eigenvalue weighted by Gasteiger charge is 2.37. The largest absolute Gasteiger partial charge is 0.435 e. The Morgan fingerprint density at radius 1 is 1.36 bits per heavy atom. The van der Waals surface area contributed by atoms with Crippen molar-refractivity contribution in [3.05, 3.63) is 33.9 Å². The van der Waals surface area contributed by atoms with Crippen molar-refractivity contribution in [2.75, 3.05) is 6.54 Å². The van der Waals surface area contributed by atoms with Gasteiger partial charge in [0, 0.05) is 24.7 Å². The van der Waals surface area contributed by atoms with Gasteiger partial charge in [0.15, 0.2) is 5.69 Å². The molecule has 1 aliphatic carbocycles. The first-order chi connectivity index (χ1) is 11.7. The minimum absolute atomic E-state index is 0.100. The number of halogens is 4. The van der Waals surface area contributed by atoms with Crippen LogP contribution >= 0.6 is 22.9 Å². The summed E-state index contributed by atoms with van der Waals surface area (Å²) in [5.74, 6) is 0.119. The molecule has 0 unspecified atom stereocenters. The highest BCUT2D eigenvalue weighted by Crippen LogP contribution is 2.42. The minimum Gasteiger partial charge on any atom is -0.269 e. The van der Waals surface area contributed by atoms with Crippen molar-refractivity contribution in [2.45, 2.75) is 42.1 Å². The zero-order valence-corrected chi connectivity index (χ0v) is 15.3. The molecule has 2 heterocycles. The van der Waals surface area contributed by atoms with Crippen LogP contribution in [0.4, 0.5) is 13.2 Å². The van der Waals surface area contributed by atoms with Gasteiger partial charge in [-0.05, 0) is 37.5 Å². The summed E-state index contributed by atoms with van der Waals surface area (Å²) in [4.78, 5) is 0. The van der Waals surface area contributed by atoms with Crippen LogP contribution in [0.25, 0.3) is 0 Å². The van der Waals surface area contributed by atoms with Gasteiger partial charge in [-0.1, -0.05) is 11.6 Å². The number of aromatic nitrogens is 2. The van der Waals surface area contributed by atoms with Gasteiger partial charge in [-0.2, -0.15) is 18.3 Å². The monoisotopic (exact) mass is 413 g/mol. The smallest absolute Gasteiger partial charge is 0.269 e. The number of sulfonamides is 1. The first kappa shape index (κ1) is 18.7. The molecule has 2 aromatic rings. The summed E-state index contributed by atoms with van der Waals surface area (Å²) in [5, 5.41) is 3.64. The average molecular weight is 414 g/mol. The van der Waals surface area contributed by atoms with Crippen LogP contribution in [-0.4, -0.2) is 24.7 Å². The van der Waals surface area contributed by atoms with Crippen molar-refractivity contribution < 1.29 is 21.6 Å². The molecule has 3 rings (SSSR count). The van der Waals surface area contributed by atoms with Crippen molar-refractivity contribution in [3.63, 3.8) is 0 Å². The van der Waals surface area contributed by atoms with Crippen LogP contribution in [0.15, 0.2) is 22.4 Å². The van der Waals surface area contributed by atoms with Gasteiger partial charge in [0.2, 0.25) is 10.0 Å². The van der Waals surface area contributed by atoms with Crippen LogP contribution < -0.4 is 4.72 Å². The highest BCUT2D eigenvalue weighted by molar-refractivity contribution is 7.91. The molecule has 0 aliphatic heterocycles. The lowest BCUT2D eigenvalue weighted by Crippen LogP contribution is -2.25. The highest BCUT2D eigenvalue weighted by atomic mass is 35.5. The molecule has 2 aromatic heterocycles. The number of hydrogen-bond donors (Lipinski definition) is 1. The maximum atomic E-state index is 12.8. The molecule has 0 atom stereocenters. The molecule has 0 aromatic carbocycles. The minimum atomic E-state index is -4.48. The molecular weight excluding hydrogens is 399 g/mol. The van der Waals surface area contributed by atoms with Crippen molar-refractivity contribution in [3.8, 4) is 0 Å². The summed E-state index contributed by atoms with van der Waals surface area (Å²) in [5.41, 5.74) is -0.330. The molecule has 0 radical (unpaired) electrons. The number of rotatable bonds is 7. The number of hydrogen-bond acceptors (Lipinski definition) is 4. The fraction of sp³-hybridized carbons (Fsp3) is 0.500. The lowest BCUT2D eigenvalue weighted by atomic mass is 10.2. The zero-order chi connectivity index (χ0) is 18.2. The van der Waals surface area contributed by atoms with Gasteiger partial charge in [-0.15, -0.1) is 11.3 Å². The van der Waals surface area contributed by atoms with Crippen LogP contribution in [0.2, 0.25) is 4.34 Å². The van der Waals surface area contributed by atoms with E-state index in [0.717, 1.165) is 30.2 Å². The Morgan fingerprint density at radius 2 is 2.08 bits per heavy atom. The zero-order valence-electron chi connectivity index (χ0n) is 12.9. The van der Waals surface area contributed by atoms with Crippen LogP contribution in [0, 0.1) is 0 Å². The topological polar surface area (TPSA) is 64.0 Å². The number of nitrogens with one attached hydrogen (secondary N) is 1. The maximum absolute atomic E-state index is 12.8. The third-order valence-corrected chi connectivity index (χ3v) is 6.93. The van der Waals surface area contributed by atoms with Crippen molar-refractivity contribution in [1.82, 2.24) is 14.5 Å². The van der Waals surface area contributed by atoms with Crippen molar-refractivity contribution >= 4 is 33.0 Å². The molecular formula is C14H15ClF3N3O2S2. The lowest BCUT2D eigenvalue weighted by molar-refractivity contribution is -0.141. The van der Waals surface area contributed by atoms with Gasteiger partial charge >= 0.3 is 6.18 Å². The van der Waals surface area contributed by atoms with Gasteiger partial charge in [0.25, 0.3) is 0 Å². The van der Waals surface area contributed by atoms with E-state index < -0.39 is 21.9 Å². The SMILES string of the molecule is O=S(=O)(NCCCn1nc(C(F)(F)F)cc1C1CC1)c1ccc(Cl)s1. The van der Waals surface area contributed by atoms with Crippen LogP contribution in [0.5, 0.6) is 0 Å².